The van der Waals surface area contributed by atoms with Gasteiger partial charge in [-0.25, -0.2) is 10.8 Å². The van der Waals surface area contributed by atoms with Crippen LogP contribution in [0.25, 0.3) is 0 Å². The highest BCUT2D eigenvalue weighted by atomic mass is 79.9. The number of nitrogens with two attached hydrogens (primary N) is 1. The second kappa shape index (κ2) is 5.49. The summed E-state index contributed by atoms with van der Waals surface area (Å²) in [6.45, 7) is 1.78. The van der Waals surface area contributed by atoms with Crippen molar-refractivity contribution >= 4 is 33.6 Å². The topological polar surface area (TPSA) is 105 Å². The number of carbonyl (C=O) groups is 1. The van der Waals surface area contributed by atoms with Crippen molar-refractivity contribution in [3.05, 3.63) is 10.7 Å². The van der Waals surface area contributed by atoms with E-state index >= 15 is 0 Å². The number of carbonyl (C=O) groups excluding carboxylic acids is 1. The Labute approximate surface area is 113 Å². The molecule has 0 radical (unpaired) electrons. The van der Waals surface area contributed by atoms with Crippen molar-refractivity contribution in [3.63, 3.8) is 0 Å². The van der Waals surface area contributed by atoms with Crippen molar-refractivity contribution in [2.24, 2.45) is 5.84 Å². The lowest BCUT2D eigenvalue weighted by Crippen LogP contribution is -2.39. The van der Waals surface area contributed by atoms with Crippen LogP contribution >= 0.6 is 15.9 Å². The molecule has 0 bridgehead atoms. The third kappa shape index (κ3) is 3.30. The molecule has 7 nitrogen and oxygen atoms in total. The normalized spacial score (nSPS) is 15.9. The van der Waals surface area contributed by atoms with Gasteiger partial charge in [0.2, 0.25) is 11.9 Å². The molecule has 1 aromatic heterocycles. The first-order chi connectivity index (χ1) is 8.60. The van der Waals surface area contributed by atoms with Crippen molar-refractivity contribution < 1.29 is 4.79 Å². The van der Waals surface area contributed by atoms with E-state index < -0.39 is 0 Å². The van der Waals surface area contributed by atoms with Gasteiger partial charge in [-0.1, -0.05) is 0 Å². The van der Waals surface area contributed by atoms with Crippen LogP contribution in [0.15, 0.2) is 10.7 Å². The molecule has 1 aliphatic rings. The molecule has 1 amide bonds. The molecule has 1 heterocycles. The van der Waals surface area contributed by atoms with Crippen molar-refractivity contribution in [2.75, 3.05) is 10.7 Å². The maximum absolute atomic E-state index is 11.8. The quantitative estimate of drug-likeness (QED) is 0.468. The van der Waals surface area contributed by atoms with Gasteiger partial charge in [0, 0.05) is 12.2 Å². The lowest BCUT2D eigenvalue weighted by Gasteiger charge is -2.15. The van der Waals surface area contributed by atoms with Crippen LogP contribution < -0.4 is 21.9 Å². The molecule has 98 valence electrons. The molecule has 1 aliphatic carbocycles. The number of anilines is 2. The molecule has 1 atom stereocenters. The van der Waals surface area contributed by atoms with Gasteiger partial charge in [0.05, 0.1) is 4.47 Å². The summed E-state index contributed by atoms with van der Waals surface area (Å²) >= 11 is 3.31. The summed E-state index contributed by atoms with van der Waals surface area (Å²) in [5.74, 6) is 6.01. The van der Waals surface area contributed by atoms with E-state index in [1.165, 1.54) is 0 Å². The number of hydrazine groups is 1. The predicted octanol–water partition coefficient (Wildman–Crippen LogP) is 0.604. The first kappa shape index (κ1) is 13.0. The van der Waals surface area contributed by atoms with Crippen molar-refractivity contribution in [2.45, 2.75) is 31.8 Å². The van der Waals surface area contributed by atoms with Crippen LogP contribution in [0.1, 0.15) is 19.8 Å². The van der Waals surface area contributed by atoms with Crippen LogP contribution in [0.4, 0.5) is 11.8 Å². The molecule has 0 spiro atoms. The first-order valence-corrected chi connectivity index (χ1v) is 6.45. The standard InChI is InChI=1S/C10H15BrN6O/c1-5(9(18)15-6-2-3-6)14-8-7(11)4-13-10(16-8)17-12/h4-6H,2-3,12H2,1H3,(H,15,18)(H2,13,14,16,17). The van der Waals surface area contributed by atoms with E-state index in [4.69, 9.17) is 5.84 Å². The summed E-state index contributed by atoms with van der Waals surface area (Å²) in [6, 6.07) is -0.0284. The molecule has 5 N–H and O–H groups in total. The fraction of sp³-hybridized carbons (Fsp3) is 0.500. The summed E-state index contributed by atoms with van der Waals surface area (Å²) < 4.78 is 0.674. The highest BCUT2D eigenvalue weighted by Gasteiger charge is 2.25. The van der Waals surface area contributed by atoms with E-state index in [2.05, 4.69) is 42.0 Å². The second-order valence-electron chi connectivity index (χ2n) is 4.18. The smallest absolute Gasteiger partial charge is 0.242 e. The minimum atomic E-state index is -0.373. The third-order valence-electron chi connectivity index (χ3n) is 2.54. The maximum Gasteiger partial charge on any atom is 0.242 e. The average Bonchev–Trinajstić information content (AvgIpc) is 3.15. The molecule has 1 unspecified atom stereocenters. The average molecular weight is 315 g/mol. The van der Waals surface area contributed by atoms with Crippen LogP contribution in [-0.4, -0.2) is 28.0 Å². The van der Waals surface area contributed by atoms with Gasteiger partial charge >= 0.3 is 0 Å². The first-order valence-electron chi connectivity index (χ1n) is 5.66. The van der Waals surface area contributed by atoms with Gasteiger partial charge in [0.1, 0.15) is 11.9 Å². The highest BCUT2D eigenvalue weighted by molar-refractivity contribution is 9.10. The van der Waals surface area contributed by atoms with E-state index in [-0.39, 0.29) is 17.9 Å². The fourth-order valence-corrected chi connectivity index (χ4v) is 1.67. The van der Waals surface area contributed by atoms with Gasteiger partial charge < -0.3 is 10.6 Å². The molecule has 8 heteroatoms. The minimum Gasteiger partial charge on any atom is -0.358 e. The van der Waals surface area contributed by atoms with Gasteiger partial charge in [0.15, 0.2) is 0 Å². The number of aromatic nitrogens is 2. The minimum absolute atomic E-state index is 0.0368. The zero-order valence-electron chi connectivity index (χ0n) is 9.90. The van der Waals surface area contributed by atoms with Crippen LogP contribution in [0.5, 0.6) is 0 Å². The number of nitrogens with one attached hydrogen (secondary N) is 3. The lowest BCUT2D eigenvalue weighted by molar-refractivity contribution is -0.121. The predicted molar refractivity (Wildman–Crippen MR) is 71.8 cm³/mol. The zero-order chi connectivity index (χ0) is 13.1. The van der Waals surface area contributed by atoms with Crippen molar-refractivity contribution in [1.82, 2.24) is 15.3 Å². The molecular weight excluding hydrogens is 300 g/mol. The van der Waals surface area contributed by atoms with E-state index in [1.54, 1.807) is 13.1 Å². The fourth-order valence-electron chi connectivity index (χ4n) is 1.36. The van der Waals surface area contributed by atoms with Crippen LogP contribution in [0.2, 0.25) is 0 Å². The number of hydrogen-bond acceptors (Lipinski definition) is 6. The molecule has 0 saturated heterocycles. The Morgan fingerprint density at radius 3 is 2.94 bits per heavy atom. The van der Waals surface area contributed by atoms with Gasteiger partial charge in [-0.15, -0.1) is 0 Å². The third-order valence-corrected chi connectivity index (χ3v) is 3.12. The second-order valence-corrected chi connectivity index (χ2v) is 5.04. The number of nitrogen functional groups attached to an aromatic ring is 1. The summed E-state index contributed by atoms with van der Waals surface area (Å²) in [6.07, 6.45) is 3.70. The molecule has 18 heavy (non-hydrogen) atoms. The summed E-state index contributed by atoms with van der Waals surface area (Å²) in [4.78, 5) is 19.8. The number of rotatable bonds is 5. The summed E-state index contributed by atoms with van der Waals surface area (Å²) in [5, 5.41) is 5.93. The Morgan fingerprint density at radius 1 is 1.61 bits per heavy atom. The Bertz CT molecular complexity index is 450. The van der Waals surface area contributed by atoms with Crippen LogP contribution in [0, 0.1) is 0 Å². The van der Waals surface area contributed by atoms with Crippen molar-refractivity contribution in [1.29, 1.82) is 0 Å². The largest absolute Gasteiger partial charge is 0.358 e. The van der Waals surface area contributed by atoms with Gasteiger partial charge in [-0.2, -0.15) is 4.98 Å². The number of amides is 1. The van der Waals surface area contributed by atoms with Gasteiger partial charge in [-0.05, 0) is 35.7 Å². The number of halogens is 1. The Hall–Kier alpha value is -1.41. The monoisotopic (exact) mass is 314 g/mol. The van der Waals surface area contributed by atoms with Crippen molar-refractivity contribution in [3.8, 4) is 0 Å². The molecule has 1 aromatic rings. The van der Waals surface area contributed by atoms with Crippen LogP contribution in [-0.2, 0) is 4.79 Å². The number of hydrogen-bond donors (Lipinski definition) is 4. The van der Waals surface area contributed by atoms with Gasteiger partial charge in [-0.3, -0.25) is 10.2 Å². The molecule has 0 aliphatic heterocycles. The van der Waals surface area contributed by atoms with Crippen LogP contribution in [0.3, 0.4) is 0 Å². The van der Waals surface area contributed by atoms with E-state index in [9.17, 15) is 4.79 Å². The Kier molecular flexibility index (Phi) is 3.97. The maximum atomic E-state index is 11.8. The lowest BCUT2D eigenvalue weighted by atomic mass is 10.3. The molecule has 1 fully saturated rings. The zero-order valence-corrected chi connectivity index (χ0v) is 11.5. The Morgan fingerprint density at radius 2 is 2.33 bits per heavy atom. The molecular formula is C10H15BrN6O. The summed E-state index contributed by atoms with van der Waals surface area (Å²) in [7, 11) is 0. The Balaban J connectivity index is 2.00. The SMILES string of the molecule is CC(Nc1nc(NN)ncc1Br)C(=O)NC1CC1. The molecule has 2 rings (SSSR count). The van der Waals surface area contributed by atoms with E-state index in [0.717, 1.165) is 12.8 Å². The van der Waals surface area contributed by atoms with Gasteiger partial charge in [0.25, 0.3) is 0 Å². The number of nitrogens with zero attached hydrogens (tertiary/aromatic N) is 2. The van der Waals surface area contributed by atoms with E-state index in [1.807, 2.05) is 0 Å². The summed E-state index contributed by atoms with van der Waals surface area (Å²) in [5.41, 5.74) is 2.36. The molecule has 1 saturated carbocycles. The van der Waals surface area contributed by atoms with E-state index in [0.29, 0.717) is 16.3 Å². The highest BCUT2D eigenvalue weighted by Crippen LogP contribution is 2.21. The molecule has 0 aromatic carbocycles.